The number of esters is 1. The average Bonchev–Trinajstić information content (AvgIpc) is 2.66. The summed E-state index contributed by atoms with van der Waals surface area (Å²) in [6.07, 6.45) is 0.935. The first-order valence-corrected chi connectivity index (χ1v) is 9.96. The molecule has 2 aromatic carbocycles. The summed E-state index contributed by atoms with van der Waals surface area (Å²) in [7, 11) is -2.59. The molecule has 11 heteroatoms. The van der Waals surface area contributed by atoms with E-state index in [1.807, 2.05) is 0 Å². The van der Waals surface area contributed by atoms with Crippen LogP contribution < -0.4 is 14.4 Å². The Kier molecular flexibility index (Phi) is 7.10. The second kappa shape index (κ2) is 9.32. The first-order chi connectivity index (χ1) is 13.6. The minimum absolute atomic E-state index is 0.0820. The van der Waals surface area contributed by atoms with Crippen LogP contribution in [0, 0.1) is 0 Å². The standard InChI is InChI=1S/C18H18F2N2O6S/c1-27-17(24)12-3-7-14(8-4-12)22(29(2,25)26)11-16(23)21-13-5-9-15(10-6-13)28-18(19)20/h3-10,18H,11H2,1-2H3,(H,21,23). The largest absolute Gasteiger partial charge is 0.465 e. The van der Waals surface area contributed by atoms with Crippen LogP contribution in [0.1, 0.15) is 10.4 Å². The normalized spacial score (nSPS) is 11.1. The van der Waals surface area contributed by atoms with Crippen molar-refractivity contribution in [3.8, 4) is 5.75 Å². The van der Waals surface area contributed by atoms with Crippen molar-refractivity contribution in [3.05, 3.63) is 54.1 Å². The molecule has 2 rings (SSSR count). The fourth-order valence-electron chi connectivity index (χ4n) is 2.33. The van der Waals surface area contributed by atoms with Gasteiger partial charge >= 0.3 is 12.6 Å². The van der Waals surface area contributed by atoms with Crippen molar-refractivity contribution in [2.75, 3.05) is 29.5 Å². The zero-order valence-electron chi connectivity index (χ0n) is 15.5. The highest BCUT2D eigenvalue weighted by molar-refractivity contribution is 7.92. The highest BCUT2D eigenvalue weighted by atomic mass is 32.2. The molecule has 0 aliphatic heterocycles. The van der Waals surface area contributed by atoms with Crippen molar-refractivity contribution in [2.24, 2.45) is 0 Å². The Balaban J connectivity index is 2.12. The first-order valence-electron chi connectivity index (χ1n) is 8.11. The number of rotatable bonds is 8. The SMILES string of the molecule is COC(=O)c1ccc(N(CC(=O)Nc2ccc(OC(F)F)cc2)S(C)(=O)=O)cc1. The number of hydrogen-bond donors (Lipinski definition) is 1. The Bertz CT molecular complexity index is 963. The van der Waals surface area contributed by atoms with Crippen LogP contribution in [-0.4, -0.2) is 46.8 Å². The predicted octanol–water partition coefficient (Wildman–Crippen LogP) is 2.48. The van der Waals surface area contributed by atoms with Gasteiger partial charge in [-0.15, -0.1) is 0 Å². The van der Waals surface area contributed by atoms with Crippen LogP contribution in [0.5, 0.6) is 5.75 Å². The van der Waals surface area contributed by atoms with Gasteiger partial charge in [0.2, 0.25) is 15.9 Å². The van der Waals surface area contributed by atoms with E-state index in [-0.39, 0.29) is 22.7 Å². The van der Waals surface area contributed by atoms with E-state index in [4.69, 9.17) is 0 Å². The Morgan fingerprint density at radius 2 is 1.66 bits per heavy atom. The molecule has 0 bridgehead atoms. The number of hydrogen-bond acceptors (Lipinski definition) is 6. The Morgan fingerprint density at radius 1 is 1.07 bits per heavy atom. The Labute approximate surface area is 166 Å². The maximum absolute atomic E-state index is 12.3. The van der Waals surface area contributed by atoms with E-state index in [0.29, 0.717) is 0 Å². The van der Waals surface area contributed by atoms with Crippen molar-refractivity contribution in [1.82, 2.24) is 0 Å². The number of nitrogens with zero attached hydrogens (tertiary/aromatic N) is 1. The third-order valence-electron chi connectivity index (χ3n) is 3.63. The van der Waals surface area contributed by atoms with Crippen LogP contribution in [0.25, 0.3) is 0 Å². The van der Waals surface area contributed by atoms with E-state index in [2.05, 4.69) is 14.8 Å². The summed E-state index contributed by atoms with van der Waals surface area (Å²) in [5.41, 5.74) is 0.669. The summed E-state index contributed by atoms with van der Waals surface area (Å²) in [6, 6.07) is 10.6. The van der Waals surface area contributed by atoms with Crippen molar-refractivity contribution in [1.29, 1.82) is 0 Å². The molecule has 0 aliphatic carbocycles. The van der Waals surface area contributed by atoms with Crippen LogP contribution >= 0.6 is 0 Å². The molecule has 2 aromatic rings. The minimum Gasteiger partial charge on any atom is -0.465 e. The number of amides is 1. The number of ether oxygens (including phenoxy) is 2. The van der Waals surface area contributed by atoms with Gasteiger partial charge in [-0.05, 0) is 48.5 Å². The molecule has 1 N–H and O–H groups in total. The number of anilines is 2. The molecule has 0 heterocycles. The quantitative estimate of drug-likeness (QED) is 0.648. The van der Waals surface area contributed by atoms with Crippen LogP contribution in [0.2, 0.25) is 0 Å². The van der Waals surface area contributed by atoms with Gasteiger partial charge in [0.1, 0.15) is 12.3 Å². The Hall–Kier alpha value is -3.21. The van der Waals surface area contributed by atoms with Crippen LogP contribution in [-0.2, 0) is 19.6 Å². The van der Waals surface area contributed by atoms with Gasteiger partial charge in [0.15, 0.2) is 0 Å². The van der Waals surface area contributed by atoms with Gasteiger partial charge in [-0.2, -0.15) is 8.78 Å². The van der Waals surface area contributed by atoms with Gasteiger partial charge in [-0.1, -0.05) is 0 Å². The second-order valence-electron chi connectivity index (χ2n) is 5.76. The zero-order valence-corrected chi connectivity index (χ0v) is 16.3. The van der Waals surface area contributed by atoms with Crippen molar-refractivity contribution in [2.45, 2.75) is 6.61 Å². The maximum atomic E-state index is 12.3. The summed E-state index contributed by atoms with van der Waals surface area (Å²) >= 11 is 0. The molecule has 0 aliphatic rings. The lowest BCUT2D eigenvalue weighted by molar-refractivity contribution is -0.114. The second-order valence-corrected chi connectivity index (χ2v) is 7.67. The van der Waals surface area contributed by atoms with Gasteiger partial charge in [-0.25, -0.2) is 13.2 Å². The number of alkyl halides is 2. The molecule has 1 amide bonds. The van der Waals surface area contributed by atoms with Crippen molar-refractivity contribution >= 4 is 33.3 Å². The fourth-order valence-corrected chi connectivity index (χ4v) is 3.19. The van der Waals surface area contributed by atoms with Gasteiger partial charge in [-0.3, -0.25) is 9.10 Å². The van der Waals surface area contributed by atoms with Crippen molar-refractivity contribution in [3.63, 3.8) is 0 Å². The maximum Gasteiger partial charge on any atom is 0.387 e. The van der Waals surface area contributed by atoms with Crippen LogP contribution in [0.15, 0.2) is 48.5 Å². The molecular weight excluding hydrogens is 410 g/mol. The summed E-state index contributed by atoms with van der Waals surface area (Å²) in [5.74, 6) is -1.32. The zero-order chi connectivity index (χ0) is 21.6. The fraction of sp³-hybridized carbons (Fsp3) is 0.222. The van der Waals surface area contributed by atoms with Gasteiger partial charge in [0.25, 0.3) is 0 Å². The summed E-state index contributed by atoms with van der Waals surface area (Å²) in [4.78, 5) is 23.8. The molecule has 0 aromatic heterocycles. The van der Waals surface area contributed by atoms with E-state index in [1.54, 1.807) is 0 Å². The van der Waals surface area contributed by atoms with E-state index in [0.717, 1.165) is 10.6 Å². The number of methoxy groups -OCH3 is 1. The third kappa shape index (κ3) is 6.42. The monoisotopic (exact) mass is 428 g/mol. The highest BCUT2D eigenvalue weighted by Crippen LogP contribution is 2.20. The number of nitrogens with one attached hydrogen (secondary N) is 1. The number of sulfonamides is 1. The molecule has 0 saturated heterocycles. The van der Waals surface area contributed by atoms with E-state index in [1.165, 1.54) is 55.6 Å². The number of carbonyl (C=O) groups excluding carboxylic acids is 2. The molecule has 0 spiro atoms. The molecule has 0 radical (unpaired) electrons. The van der Waals surface area contributed by atoms with Crippen LogP contribution in [0.3, 0.4) is 0 Å². The molecular formula is C18H18F2N2O6S. The van der Waals surface area contributed by atoms with E-state index in [9.17, 15) is 26.8 Å². The predicted molar refractivity (Wildman–Crippen MR) is 102 cm³/mol. The third-order valence-corrected chi connectivity index (χ3v) is 4.77. The molecule has 8 nitrogen and oxygen atoms in total. The number of halogens is 2. The van der Waals surface area contributed by atoms with Gasteiger partial charge in [0.05, 0.1) is 24.6 Å². The van der Waals surface area contributed by atoms with E-state index >= 15 is 0 Å². The smallest absolute Gasteiger partial charge is 0.387 e. The summed E-state index contributed by atoms with van der Waals surface area (Å²) in [6.45, 7) is -3.50. The van der Waals surface area contributed by atoms with Gasteiger partial charge < -0.3 is 14.8 Å². The molecule has 0 saturated carbocycles. The highest BCUT2D eigenvalue weighted by Gasteiger charge is 2.21. The van der Waals surface area contributed by atoms with Crippen LogP contribution in [0.4, 0.5) is 20.2 Å². The van der Waals surface area contributed by atoms with Gasteiger partial charge in [0, 0.05) is 5.69 Å². The minimum atomic E-state index is -3.81. The number of benzene rings is 2. The lowest BCUT2D eigenvalue weighted by Crippen LogP contribution is -2.37. The molecule has 156 valence electrons. The van der Waals surface area contributed by atoms with Crippen molar-refractivity contribution < 1.29 is 36.3 Å². The summed E-state index contributed by atoms with van der Waals surface area (Å²) in [5, 5.41) is 2.47. The molecule has 0 atom stereocenters. The average molecular weight is 428 g/mol. The lowest BCUT2D eigenvalue weighted by Gasteiger charge is -2.22. The first kappa shape index (κ1) is 22.1. The summed E-state index contributed by atoms with van der Waals surface area (Å²) < 4.78 is 58.2. The topological polar surface area (TPSA) is 102 Å². The molecule has 0 unspecified atom stereocenters. The van der Waals surface area contributed by atoms with E-state index < -0.39 is 35.1 Å². The molecule has 0 fully saturated rings. The molecule has 29 heavy (non-hydrogen) atoms. The number of carbonyl (C=O) groups is 2. The Morgan fingerprint density at radius 3 is 2.14 bits per heavy atom. The lowest BCUT2D eigenvalue weighted by atomic mass is 10.2.